The number of halogens is 1. The van der Waals surface area contributed by atoms with Crippen LogP contribution in [0.15, 0.2) is 108 Å². The van der Waals surface area contributed by atoms with Gasteiger partial charge in [0.05, 0.1) is 22.0 Å². The van der Waals surface area contributed by atoms with Crippen molar-refractivity contribution >= 4 is 64.5 Å². The summed E-state index contributed by atoms with van der Waals surface area (Å²) in [5, 5.41) is 17.5. The first-order valence-corrected chi connectivity index (χ1v) is 14.1. The number of anilines is 2. The maximum Gasteiger partial charge on any atom is 0.335 e. The number of nitrogens with one attached hydrogen (secondary N) is 3. The Kier molecular flexibility index (Phi) is 10.1. The summed E-state index contributed by atoms with van der Waals surface area (Å²) < 4.78 is 0. The van der Waals surface area contributed by atoms with Crippen molar-refractivity contribution in [2.45, 2.75) is 11.8 Å². The lowest BCUT2D eigenvalue weighted by molar-refractivity contribution is -0.114. The van der Waals surface area contributed by atoms with Gasteiger partial charge in [0.2, 0.25) is 5.91 Å². The van der Waals surface area contributed by atoms with Crippen molar-refractivity contribution in [3.05, 3.63) is 130 Å². The molecule has 0 aromatic heterocycles. The molecule has 0 unspecified atom stereocenters. The number of hydrogen-bond acceptors (Lipinski definition) is 5. The molecule has 4 rings (SSSR count). The van der Waals surface area contributed by atoms with Crippen LogP contribution < -0.4 is 16.0 Å². The second kappa shape index (κ2) is 14.2. The zero-order chi connectivity index (χ0) is 30.1. The number of carboxylic acids is 1. The molecule has 0 spiro atoms. The van der Waals surface area contributed by atoms with Crippen molar-refractivity contribution in [1.29, 1.82) is 0 Å². The molecule has 0 radical (unpaired) electrons. The molecule has 4 aromatic rings. The van der Waals surface area contributed by atoms with Crippen LogP contribution in [-0.2, 0) is 9.59 Å². The minimum Gasteiger partial charge on any atom is -0.478 e. The molecule has 42 heavy (non-hydrogen) atoms. The molecule has 3 amide bonds. The summed E-state index contributed by atoms with van der Waals surface area (Å²) in [6.07, 6.45) is 1.63. The van der Waals surface area contributed by atoms with Crippen molar-refractivity contribution in [1.82, 2.24) is 5.32 Å². The summed E-state index contributed by atoms with van der Waals surface area (Å²) >= 11 is 7.33. The third kappa shape index (κ3) is 8.33. The number of amides is 3. The molecule has 0 aliphatic heterocycles. The van der Waals surface area contributed by atoms with E-state index in [0.29, 0.717) is 11.3 Å². The Bertz CT molecular complexity index is 1660. The molecular weight excluding hydrogens is 574 g/mol. The largest absolute Gasteiger partial charge is 0.478 e. The molecule has 0 saturated carbocycles. The van der Waals surface area contributed by atoms with Crippen molar-refractivity contribution in [2.24, 2.45) is 0 Å². The SMILES string of the molecule is Cc1ccccc1/C=C(\NC(=O)c1ccccc1)C(=O)Nc1ccc(SCC(=O)Nc2cc(C(=O)O)ccc2Cl)cc1. The van der Waals surface area contributed by atoms with Crippen LogP contribution in [0.5, 0.6) is 0 Å². The molecule has 0 heterocycles. The Labute approximate surface area is 251 Å². The fraction of sp³-hybridized carbons (Fsp3) is 0.0625. The average molecular weight is 600 g/mol. The second-order valence-corrected chi connectivity index (χ2v) is 10.5. The highest BCUT2D eigenvalue weighted by Gasteiger charge is 2.16. The smallest absolute Gasteiger partial charge is 0.335 e. The topological polar surface area (TPSA) is 125 Å². The summed E-state index contributed by atoms with van der Waals surface area (Å²) in [6, 6.07) is 27.1. The highest BCUT2D eigenvalue weighted by atomic mass is 35.5. The maximum atomic E-state index is 13.3. The Hall–Kier alpha value is -4.86. The van der Waals surface area contributed by atoms with E-state index in [2.05, 4.69) is 16.0 Å². The van der Waals surface area contributed by atoms with Crippen LogP contribution in [0, 0.1) is 6.92 Å². The van der Waals surface area contributed by atoms with Crippen LogP contribution in [0.3, 0.4) is 0 Å². The average Bonchev–Trinajstić information content (AvgIpc) is 2.99. The van der Waals surface area contributed by atoms with Gasteiger partial charge < -0.3 is 21.1 Å². The van der Waals surface area contributed by atoms with Crippen LogP contribution in [0.1, 0.15) is 31.8 Å². The maximum absolute atomic E-state index is 13.3. The number of aryl methyl sites for hydroxylation is 1. The quantitative estimate of drug-likeness (QED) is 0.122. The first-order chi connectivity index (χ1) is 20.2. The van der Waals surface area contributed by atoms with Gasteiger partial charge >= 0.3 is 5.97 Å². The van der Waals surface area contributed by atoms with E-state index in [4.69, 9.17) is 16.7 Å². The van der Waals surface area contributed by atoms with E-state index in [1.807, 2.05) is 31.2 Å². The van der Waals surface area contributed by atoms with E-state index in [-0.39, 0.29) is 33.6 Å². The molecule has 0 atom stereocenters. The minimum absolute atomic E-state index is 0.0107. The highest BCUT2D eigenvalue weighted by molar-refractivity contribution is 8.00. The summed E-state index contributed by atoms with van der Waals surface area (Å²) in [6.45, 7) is 1.92. The third-order valence-electron chi connectivity index (χ3n) is 5.99. The van der Waals surface area contributed by atoms with E-state index >= 15 is 0 Å². The lowest BCUT2D eigenvalue weighted by Gasteiger charge is -2.12. The van der Waals surface area contributed by atoms with Crippen molar-refractivity contribution in [3.63, 3.8) is 0 Å². The number of carboxylic acid groups (broad SMARTS) is 1. The van der Waals surface area contributed by atoms with E-state index in [1.165, 1.54) is 30.0 Å². The number of rotatable bonds is 10. The summed E-state index contributed by atoms with van der Waals surface area (Å²) in [5.74, 6) is -2.34. The predicted octanol–water partition coefficient (Wildman–Crippen LogP) is 6.49. The number of benzene rings is 4. The molecule has 10 heteroatoms. The molecule has 0 fully saturated rings. The van der Waals surface area contributed by atoms with E-state index in [1.54, 1.807) is 60.7 Å². The van der Waals surface area contributed by atoms with Crippen LogP contribution in [0.2, 0.25) is 5.02 Å². The molecule has 0 aliphatic carbocycles. The lowest BCUT2D eigenvalue weighted by Crippen LogP contribution is -2.30. The van der Waals surface area contributed by atoms with Crippen molar-refractivity contribution in [3.8, 4) is 0 Å². The van der Waals surface area contributed by atoms with Gasteiger partial charge in [-0.15, -0.1) is 11.8 Å². The fourth-order valence-electron chi connectivity index (χ4n) is 3.77. The van der Waals surface area contributed by atoms with Gasteiger partial charge in [-0.05, 0) is 78.7 Å². The van der Waals surface area contributed by atoms with E-state index < -0.39 is 17.8 Å². The number of carbonyl (C=O) groups is 4. The van der Waals surface area contributed by atoms with Gasteiger partial charge in [0.1, 0.15) is 5.70 Å². The van der Waals surface area contributed by atoms with Crippen molar-refractivity contribution < 1.29 is 24.3 Å². The molecule has 0 bridgehead atoms. The first-order valence-electron chi connectivity index (χ1n) is 12.7. The molecule has 0 aliphatic rings. The van der Waals surface area contributed by atoms with Gasteiger partial charge in [-0.25, -0.2) is 4.79 Å². The Balaban J connectivity index is 1.40. The fourth-order valence-corrected chi connectivity index (χ4v) is 4.63. The van der Waals surface area contributed by atoms with Gasteiger partial charge in [0.25, 0.3) is 11.8 Å². The Morgan fingerprint density at radius 2 is 1.52 bits per heavy atom. The summed E-state index contributed by atoms with van der Waals surface area (Å²) in [4.78, 5) is 50.5. The van der Waals surface area contributed by atoms with Crippen molar-refractivity contribution in [2.75, 3.05) is 16.4 Å². The molecule has 4 aromatic carbocycles. The monoisotopic (exact) mass is 599 g/mol. The lowest BCUT2D eigenvalue weighted by atomic mass is 10.1. The van der Waals surface area contributed by atoms with E-state index in [0.717, 1.165) is 16.0 Å². The molecule has 8 nitrogen and oxygen atoms in total. The van der Waals surface area contributed by atoms with Crippen LogP contribution in [0.4, 0.5) is 11.4 Å². The third-order valence-corrected chi connectivity index (χ3v) is 7.33. The minimum atomic E-state index is -1.12. The Morgan fingerprint density at radius 3 is 2.21 bits per heavy atom. The van der Waals surface area contributed by atoms with Crippen LogP contribution in [0.25, 0.3) is 6.08 Å². The van der Waals surface area contributed by atoms with Gasteiger partial charge in [-0.1, -0.05) is 54.1 Å². The Morgan fingerprint density at radius 1 is 0.833 bits per heavy atom. The first kappa shape index (κ1) is 30.1. The molecule has 4 N–H and O–H groups in total. The summed E-state index contributed by atoms with van der Waals surface area (Å²) in [7, 11) is 0. The predicted molar refractivity (Wildman–Crippen MR) is 166 cm³/mol. The number of hydrogen-bond donors (Lipinski definition) is 4. The standard InChI is InChI=1S/C32H26ClN3O5S/c1-20-7-5-6-10-22(20)17-28(36-30(38)21-8-3-2-4-9-21)31(39)34-24-12-14-25(15-13-24)42-19-29(37)35-27-18-23(32(40)41)11-16-26(27)33/h2-18H,19H2,1H3,(H,34,39)(H,35,37)(H,36,38)(H,40,41)/b28-17-. The zero-order valence-electron chi connectivity index (χ0n) is 22.4. The normalized spacial score (nSPS) is 11.0. The molecule has 0 saturated heterocycles. The van der Waals surface area contributed by atoms with Crippen LogP contribution >= 0.6 is 23.4 Å². The number of carbonyl (C=O) groups excluding carboxylic acids is 3. The molecule has 212 valence electrons. The second-order valence-electron chi connectivity index (χ2n) is 9.05. The number of thioether (sulfide) groups is 1. The molecular formula is C32H26ClN3O5S. The van der Waals surface area contributed by atoms with E-state index in [9.17, 15) is 19.2 Å². The van der Waals surface area contributed by atoms with Gasteiger partial charge in [0.15, 0.2) is 0 Å². The zero-order valence-corrected chi connectivity index (χ0v) is 24.0. The van der Waals surface area contributed by atoms with Gasteiger partial charge in [-0.3, -0.25) is 14.4 Å². The van der Waals surface area contributed by atoms with Gasteiger partial charge in [-0.2, -0.15) is 0 Å². The summed E-state index contributed by atoms with van der Waals surface area (Å²) in [5.41, 5.74) is 2.96. The highest BCUT2D eigenvalue weighted by Crippen LogP contribution is 2.25. The number of aromatic carboxylic acids is 1. The van der Waals surface area contributed by atoms with Crippen LogP contribution in [-0.4, -0.2) is 34.6 Å². The van der Waals surface area contributed by atoms with Gasteiger partial charge in [0, 0.05) is 16.1 Å².